The third kappa shape index (κ3) is 6.23. The third-order valence-electron chi connectivity index (χ3n) is 5.00. The average molecular weight is 640 g/mol. The summed E-state index contributed by atoms with van der Waals surface area (Å²) in [6.07, 6.45) is -12.5. The molecule has 0 saturated carbocycles. The van der Waals surface area contributed by atoms with Gasteiger partial charge in [0.1, 0.15) is 0 Å². The van der Waals surface area contributed by atoms with E-state index >= 15 is 0 Å². The second-order valence-corrected chi connectivity index (χ2v) is 7.95. The molecule has 0 bridgehead atoms. The number of carbonyl (C=O) groups excluding carboxylic acids is 1. The van der Waals surface area contributed by atoms with Crippen LogP contribution in [-0.2, 0) is 4.74 Å². The average Bonchev–Trinajstić information content (AvgIpc) is 2.77. The van der Waals surface area contributed by atoms with Gasteiger partial charge >= 0.3 is 59.6 Å². The first-order valence-corrected chi connectivity index (χ1v) is 10.2. The first kappa shape index (κ1) is 37.9. The second kappa shape index (κ2) is 11.7. The minimum atomic E-state index is -8.95. The third-order valence-corrected chi connectivity index (χ3v) is 5.00. The minimum Gasteiger partial charge on any atom is -0.450 e. The van der Waals surface area contributed by atoms with Crippen molar-refractivity contribution < 1.29 is 92.9 Å². The van der Waals surface area contributed by atoms with Crippen molar-refractivity contribution in [3.8, 4) is 0 Å². The second-order valence-electron chi connectivity index (χ2n) is 7.95. The van der Waals surface area contributed by atoms with E-state index in [1.54, 1.807) is 0 Å². The molecular weight excluding hydrogens is 623 g/mol. The van der Waals surface area contributed by atoms with E-state index in [1.807, 2.05) is 5.32 Å². The highest BCUT2D eigenvalue weighted by Crippen LogP contribution is 2.65. The number of hydrogen-bond acceptors (Lipinski definition) is 2. The summed E-state index contributed by atoms with van der Waals surface area (Å²) in [7, 11) is 0. The van der Waals surface area contributed by atoms with Gasteiger partial charge < -0.3 is 10.1 Å². The molecule has 0 aliphatic heterocycles. The first-order chi connectivity index (χ1) is 17.5. The molecule has 0 rings (SSSR count). The van der Waals surface area contributed by atoms with Crippen LogP contribution < -0.4 is 5.32 Å². The number of hydrogen-bond donors (Lipinski definition) is 1. The fourth-order valence-electron chi connectivity index (χ4n) is 2.55. The van der Waals surface area contributed by atoms with E-state index in [-0.39, 0.29) is 6.54 Å². The van der Waals surface area contributed by atoms with E-state index in [0.717, 1.165) is 0 Å². The number of nitrogens with one attached hydrogen (secondary N) is 1. The predicted molar refractivity (Wildman–Crippen MR) is 93.4 cm³/mol. The molecule has 0 aliphatic carbocycles. The summed E-state index contributed by atoms with van der Waals surface area (Å²) in [6, 6.07) is 0. The fourth-order valence-corrected chi connectivity index (χ4v) is 2.55. The zero-order valence-electron chi connectivity index (χ0n) is 19.2. The molecule has 1 N–H and O–H groups in total. The summed E-state index contributed by atoms with van der Waals surface area (Å²) < 4.78 is 255. The Bertz CT molecular complexity index is 853. The van der Waals surface area contributed by atoms with Gasteiger partial charge in [0.15, 0.2) is 0 Å². The van der Waals surface area contributed by atoms with Crippen LogP contribution >= 0.6 is 0 Å². The van der Waals surface area contributed by atoms with E-state index in [0.29, 0.717) is 19.3 Å². The van der Waals surface area contributed by atoms with Gasteiger partial charge in [-0.25, -0.2) is 4.79 Å². The first-order valence-electron chi connectivity index (χ1n) is 10.2. The number of carbonyl (C=O) groups is 1. The lowest BCUT2D eigenvalue weighted by Crippen LogP contribution is -2.75. The number of alkyl halides is 19. The van der Waals surface area contributed by atoms with Crippen LogP contribution in [0.1, 0.15) is 32.1 Å². The van der Waals surface area contributed by atoms with Crippen LogP contribution in [0.3, 0.4) is 0 Å². The van der Waals surface area contributed by atoms with E-state index in [2.05, 4.69) is 11.7 Å². The Labute approximate surface area is 211 Å². The van der Waals surface area contributed by atoms with Gasteiger partial charge in [-0.15, -0.1) is 0 Å². The summed E-state index contributed by atoms with van der Waals surface area (Å²) in [6.45, 7) is 2.00. The van der Waals surface area contributed by atoms with E-state index in [9.17, 15) is 88.2 Å². The van der Waals surface area contributed by atoms with Gasteiger partial charge in [-0.3, -0.25) is 0 Å². The van der Waals surface area contributed by atoms with Crippen LogP contribution in [0.2, 0.25) is 0 Å². The van der Waals surface area contributed by atoms with Crippen LogP contribution in [0.4, 0.5) is 88.2 Å². The monoisotopic (exact) mass is 640 g/mol. The Balaban J connectivity index is 6.04. The lowest BCUT2D eigenvalue weighted by atomic mass is 9.86. The molecule has 0 aromatic rings. The molecule has 0 unspecified atom stereocenters. The van der Waals surface area contributed by atoms with Crippen LogP contribution in [-0.4, -0.2) is 72.8 Å². The molecule has 239 valence electrons. The standard InChI is InChI=1S/C18H17F19NO2/c1-2-3-4-7-38-9(39)40-8-5-6-10(19,20)11(21,22)12(23,24)13(25,26)14(27,28)15(29,30)16(31,32)17(33,34)18(35,36)37/h1-8H2,(H,38,39). The lowest BCUT2D eigenvalue weighted by molar-refractivity contribution is -0.468. The Morgan fingerprint density at radius 2 is 0.925 bits per heavy atom. The van der Waals surface area contributed by atoms with Gasteiger partial charge in [0.25, 0.3) is 0 Å². The van der Waals surface area contributed by atoms with E-state index in [4.69, 9.17) is 0 Å². The highest BCUT2D eigenvalue weighted by atomic mass is 19.4. The maximum Gasteiger partial charge on any atom is 0.460 e. The largest absolute Gasteiger partial charge is 0.460 e. The molecule has 0 spiro atoms. The molecule has 0 atom stereocenters. The molecule has 1 radical (unpaired) electrons. The van der Waals surface area contributed by atoms with Gasteiger partial charge in [-0.2, -0.15) is 83.4 Å². The summed E-state index contributed by atoms with van der Waals surface area (Å²) in [4.78, 5) is 11.2. The quantitative estimate of drug-likeness (QED) is 0.145. The zero-order valence-corrected chi connectivity index (χ0v) is 19.2. The highest BCUT2D eigenvalue weighted by Gasteiger charge is 2.96. The Morgan fingerprint density at radius 1 is 0.550 bits per heavy atom. The summed E-state index contributed by atoms with van der Waals surface area (Å²) >= 11 is 0. The number of rotatable bonds is 15. The number of ether oxygens (including phenoxy) is 1. The molecule has 0 fully saturated rings. The number of halogens is 19. The van der Waals surface area contributed by atoms with Gasteiger partial charge in [0, 0.05) is 13.0 Å². The number of amides is 1. The van der Waals surface area contributed by atoms with Crippen molar-refractivity contribution in [2.75, 3.05) is 13.2 Å². The van der Waals surface area contributed by atoms with Crippen molar-refractivity contribution in [1.82, 2.24) is 5.32 Å². The van der Waals surface area contributed by atoms with Crippen molar-refractivity contribution in [3.05, 3.63) is 6.92 Å². The number of alkyl carbamates (subject to hydrolysis) is 1. The Hall–Kier alpha value is -2.06. The SMILES string of the molecule is [CH2]CCCCNC(=O)OCCCC(F)(F)C(F)(F)C(F)(F)C(F)(F)C(F)(F)C(F)(F)C(F)(F)C(F)(F)C(F)(F)F. The molecule has 3 nitrogen and oxygen atoms in total. The molecule has 0 aromatic carbocycles. The zero-order chi connectivity index (χ0) is 32.4. The summed E-state index contributed by atoms with van der Waals surface area (Å²) in [5, 5.41) is 1.97. The molecule has 0 aliphatic rings. The van der Waals surface area contributed by atoms with Crippen molar-refractivity contribution in [2.24, 2.45) is 0 Å². The lowest BCUT2D eigenvalue weighted by Gasteiger charge is -2.43. The van der Waals surface area contributed by atoms with Crippen molar-refractivity contribution in [3.63, 3.8) is 0 Å². The highest BCUT2D eigenvalue weighted by molar-refractivity contribution is 5.66. The van der Waals surface area contributed by atoms with Gasteiger partial charge in [0.2, 0.25) is 0 Å². The molecule has 1 amide bonds. The van der Waals surface area contributed by atoms with Crippen LogP contribution in [0.15, 0.2) is 0 Å². The maximum atomic E-state index is 13.7. The van der Waals surface area contributed by atoms with E-state index < -0.39 is 79.1 Å². The van der Waals surface area contributed by atoms with Crippen LogP contribution in [0.5, 0.6) is 0 Å². The van der Waals surface area contributed by atoms with Gasteiger partial charge in [-0.05, 0) is 12.8 Å². The maximum absolute atomic E-state index is 13.7. The fraction of sp³-hybridized carbons (Fsp3) is 0.889. The van der Waals surface area contributed by atoms with Crippen LogP contribution in [0, 0.1) is 6.92 Å². The smallest absolute Gasteiger partial charge is 0.450 e. The van der Waals surface area contributed by atoms with Gasteiger partial charge in [0.05, 0.1) is 6.61 Å². The summed E-state index contributed by atoms with van der Waals surface area (Å²) in [5.41, 5.74) is 0. The predicted octanol–water partition coefficient (Wildman–Crippen LogP) is 8.14. The topological polar surface area (TPSA) is 38.3 Å². The molecule has 0 heterocycles. The molecule has 0 aromatic heterocycles. The van der Waals surface area contributed by atoms with Crippen molar-refractivity contribution in [1.29, 1.82) is 0 Å². The number of unbranched alkanes of at least 4 members (excludes halogenated alkanes) is 2. The molecular formula is C18H17F19NO2. The normalized spacial score (nSPS) is 15.3. The van der Waals surface area contributed by atoms with Crippen molar-refractivity contribution >= 4 is 6.09 Å². The van der Waals surface area contributed by atoms with Crippen molar-refractivity contribution in [2.45, 2.75) is 85.7 Å². The molecule has 0 saturated heterocycles. The van der Waals surface area contributed by atoms with Crippen LogP contribution in [0.25, 0.3) is 0 Å². The molecule has 22 heteroatoms. The van der Waals surface area contributed by atoms with Gasteiger partial charge in [-0.1, -0.05) is 19.8 Å². The summed E-state index contributed by atoms with van der Waals surface area (Å²) in [5.74, 6) is -66.8. The Morgan fingerprint density at radius 3 is 1.30 bits per heavy atom. The van der Waals surface area contributed by atoms with E-state index in [1.165, 1.54) is 0 Å². The minimum absolute atomic E-state index is 0.0866. The Kier molecular flexibility index (Phi) is 11.1. The molecule has 40 heavy (non-hydrogen) atoms.